The van der Waals surface area contributed by atoms with E-state index in [1.807, 2.05) is 6.92 Å². The minimum atomic E-state index is -3.31. The molecule has 1 aliphatic carbocycles. The maximum Gasteiger partial charge on any atom is 0.280 e. The lowest BCUT2D eigenvalue weighted by Gasteiger charge is -2.33. The Hall–Kier alpha value is -0.170. The Morgan fingerprint density at radius 3 is 2.62 bits per heavy atom. The predicted molar refractivity (Wildman–Crippen MR) is 61.3 cm³/mol. The monoisotopic (exact) mass is 248 g/mol. The van der Waals surface area contributed by atoms with Gasteiger partial charge in [-0.1, -0.05) is 12.8 Å². The van der Waals surface area contributed by atoms with Crippen LogP contribution in [-0.2, 0) is 14.9 Å². The van der Waals surface area contributed by atoms with Crippen LogP contribution in [-0.4, -0.2) is 44.6 Å². The van der Waals surface area contributed by atoms with Gasteiger partial charge in [-0.2, -0.15) is 17.4 Å². The Kier molecular flexibility index (Phi) is 3.84. The minimum absolute atomic E-state index is 0.0624. The van der Waals surface area contributed by atoms with Crippen molar-refractivity contribution >= 4 is 10.2 Å². The molecule has 2 fully saturated rings. The van der Waals surface area contributed by atoms with Crippen molar-refractivity contribution in [1.29, 1.82) is 0 Å². The largest absolute Gasteiger partial charge is 0.378 e. The molecule has 0 radical (unpaired) electrons. The summed E-state index contributed by atoms with van der Waals surface area (Å²) >= 11 is 0. The molecule has 1 unspecified atom stereocenters. The molecule has 2 aliphatic rings. The van der Waals surface area contributed by atoms with E-state index in [9.17, 15) is 8.42 Å². The Bertz CT molecular complexity index is 325. The lowest BCUT2D eigenvalue weighted by Crippen LogP contribution is -2.53. The molecule has 1 heterocycles. The lowest BCUT2D eigenvalue weighted by molar-refractivity contribution is 0.0385. The molecule has 0 aromatic carbocycles. The van der Waals surface area contributed by atoms with Gasteiger partial charge in [0, 0.05) is 18.6 Å². The van der Waals surface area contributed by atoms with Crippen LogP contribution in [0.5, 0.6) is 0 Å². The van der Waals surface area contributed by atoms with Gasteiger partial charge in [-0.3, -0.25) is 0 Å². The maximum absolute atomic E-state index is 12.1. The first-order valence-electron chi connectivity index (χ1n) is 5.96. The van der Waals surface area contributed by atoms with E-state index in [0.29, 0.717) is 19.8 Å². The average Bonchev–Trinajstić information content (AvgIpc) is 2.70. The number of rotatable bonds is 3. The highest BCUT2D eigenvalue weighted by molar-refractivity contribution is 7.87. The number of hydrogen-bond acceptors (Lipinski definition) is 3. The standard InChI is InChI=1S/C10H20N2O3S/c1-9-8-15-7-6-12(9)16(13,14)11-10-4-2-3-5-10/h9-11H,2-8H2,1H3. The Morgan fingerprint density at radius 1 is 1.31 bits per heavy atom. The van der Waals surface area contributed by atoms with Crippen molar-refractivity contribution in [3.8, 4) is 0 Å². The van der Waals surface area contributed by atoms with E-state index < -0.39 is 10.2 Å². The van der Waals surface area contributed by atoms with Crippen LogP contribution in [0.4, 0.5) is 0 Å². The molecule has 0 amide bonds. The smallest absolute Gasteiger partial charge is 0.280 e. The van der Waals surface area contributed by atoms with Crippen molar-refractivity contribution < 1.29 is 13.2 Å². The normalized spacial score (nSPS) is 29.7. The van der Waals surface area contributed by atoms with Gasteiger partial charge in [0.15, 0.2) is 0 Å². The van der Waals surface area contributed by atoms with Crippen LogP contribution in [0.1, 0.15) is 32.6 Å². The van der Waals surface area contributed by atoms with Crippen LogP contribution in [0.25, 0.3) is 0 Å². The quantitative estimate of drug-likeness (QED) is 0.790. The molecule has 6 heteroatoms. The van der Waals surface area contributed by atoms with E-state index in [1.165, 1.54) is 4.31 Å². The van der Waals surface area contributed by atoms with Gasteiger partial charge in [-0.05, 0) is 19.8 Å². The Balaban J connectivity index is 1.99. The van der Waals surface area contributed by atoms with Gasteiger partial charge >= 0.3 is 0 Å². The second-order valence-corrected chi connectivity index (χ2v) is 6.29. The molecule has 0 aromatic heterocycles. The van der Waals surface area contributed by atoms with Gasteiger partial charge in [0.25, 0.3) is 10.2 Å². The van der Waals surface area contributed by atoms with Crippen molar-refractivity contribution in [2.45, 2.75) is 44.7 Å². The van der Waals surface area contributed by atoms with Crippen molar-refractivity contribution in [3.05, 3.63) is 0 Å². The highest BCUT2D eigenvalue weighted by Gasteiger charge is 2.32. The first kappa shape index (κ1) is 12.3. The van der Waals surface area contributed by atoms with Crippen LogP contribution < -0.4 is 4.72 Å². The lowest BCUT2D eigenvalue weighted by atomic mass is 10.3. The zero-order valence-electron chi connectivity index (χ0n) is 9.68. The third-order valence-corrected chi connectivity index (χ3v) is 5.08. The van der Waals surface area contributed by atoms with Crippen molar-refractivity contribution in [2.75, 3.05) is 19.8 Å². The summed E-state index contributed by atoms with van der Waals surface area (Å²) < 4.78 is 33.8. The van der Waals surface area contributed by atoms with Gasteiger partial charge in [0.2, 0.25) is 0 Å². The van der Waals surface area contributed by atoms with Crippen molar-refractivity contribution in [3.63, 3.8) is 0 Å². The molecule has 0 spiro atoms. The molecule has 1 aliphatic heterocycles. The fourth-order valence-electron chi connectivity index (χ4n) is 2.39. The predicted octanol–water partition coefficient (Wildman–Crippen LogP) is 0.484. The van der Waals surface area contributed by atoms with Crippen LogP contribution in [0.3, 0.4) is 0 Å². The number of nitrogens with zero attached hydrogens (tertiary/aromatic N) is 1. The zero-order valence-corrected chi connectivity index (χ0v) is 10.5. The topological polar surface area (TPSA) is 58.6 Å². The third-order valence-electron chi connectivity index (χ3n) is 3.29. The van der Waals surface area contributed by atoms with Gasteiger partial charge < -0.3 is 4.74 Å². The Morgan fingerprint density at radius 2 is 2.00 bits per heavy atom. The molecule has 1 atom stereocenters. The van der Waals surface area contributed by atoms with Gasteiger partial charge in [-0.15, -0.1) is 0 Å². The van der Waals surface area contributed by atoms with Crippen LogP contribution in [0.2, 0.25) is 0 Å². The molecule has 2 rings (SSSR count). The SMILES string of the molecule is CC1COCCN1S(=O)(=O)NC1CCCC1. The summed E-state index contributed by atoms with van der Waals surface area (Å²) in [7, 11) is -3.31. The summed E-state index contributed by atoms with van der Waals surface area (Å²) in [6.07, 6.45) is 4.20. The summed E-state index contributed by atoms with van der Waals surface area (Å²) in [6, 6.07) is 0.0766. The second-order valence-electron chi connectivity index (χ2n) is 4.64. The van der Waals surface area contributed by atoms with E-state index in [4.69, 9.17) is 4.74 Å². The van der Waals surface area contributed by atoms with E-state index >= 15 is 0 Å². The fraction of sp³-hybridized carbons (Fsp3) is 1.00. The van der Waals surface area contributed by atoms with Crippen LogP contribution in [0, 0.1) is 0 Å². The first-order chi connectivity index (χ1) is 7.59. The van der Waals surface area contributed by atoms with Crippen molar-refractivity contribution in [1.82, 2.24) is 9.03 Å². The van der Waals surface area contributed by atoms with E-state index in [-0.39, 0.29) is 12.1 Å². The molecular formula is C10H20N2O3S. The number of morpholine rings is 1. The third kappa shape index (κ3) is 2.74. The summed E-state index contributed by atoms with van der Waals surface area (Å²) in [5.74, 6) is 0. The zero-order chi connectivity index (χ0) is 11.6. The van der Waals surface area contributed by atoms with Gasteiger partial charge in [-0.25, -0.2) is 0 Å². The number of nitrogens with one attached hydrogen (secondary N) is 1. The van der Waals surface area contributed by atoms with Gasteiger partial charge in [0.05, 0.1) is 13.2 Å². The van der Waals surface area contributed by atoms with Crippen LogP contribution in [0.15, 0.2) is 0 Å². The molecule has 0 aromatic rings. The van der Waals surface area contributed by atoms with Crippen molar-refractivity contribution in [2.24, 2.45) is 0 Å². The van der Waals surface area contributed by atoms with E-state index in [2.05, 4.69) is 4.72 Å². The number of ether oxygens (including phenoxy) is 1. The summed E-state index contributed by atoms with van der Waals surface area (Å²) in [5.41, 5.74) is 0. The molecule has 1 saturated carbocycles. The first-order valence-corrected chi connectivity index (χ1v) is 7.40. The minimum Gasteiger partial charge on any atom is -0.378 e. The van der Waals surface area contributed by atoms with Gasteiger partial charge in [0.1, 0.15) is 0 Å². The van der Waals surface area contributed by atoms with E-state index in [0.717, 1.165) is 25.7 Å². The molecular weight excluding hydrogens is 228 g/mol. The van der Waals surface area contributed by atoms with Crippen LogP contribution >= 0.6 is 0 Å². The summed E-state index contributed by atoms with van der Waals surface area (Å²) in [4.78, 5) is 0. The molecule has 5 nitrogen and oxygen atoms in total. The maximum atomic E-state index is 12.1. The molecule has 1 saturated heterocycles. The number of hydrogen-bond donors (Lipinski definition) is 1. The highest BCUT2D eigenvalue weighted by Crippen LogP contribution is 2.20. The second kappa shape index (κ2) is 5.00. The Labute approximate surface area is 97.3 Å². The highest BCUT2D eigenvalue weighted by atomic mass is 32.2. The summed E-state index contributed by atoms with van der Waals surface area (Å²) in [5, 5.41) is 0. The van der Waals surface area contributed by atoms with E-state index in [1.54, 1.807) is 0 Å². The summed E-state index contributed by atoms with van der Waals surface area (Å²) in [6.45, 7) is 3.33. The molecule has 0 bridgehead atoms. The fourth-order valence-corrected chi connectivity index (χ4v) is 4.03. The molecule has 94 valence electrons. The molecule has 1 N–H and O–H groups in total. The average molecular weight is 248 g/mol. The molecule has 16 heavy (non-hydrogen) atoms.